The van der Waals surface area contributed by atoms with E-state index in [0.717, 1.165) is 44.9 Å². The van der Waals surface area contributed by atoms with Gasteiger partial charge in [-0.15, -0.1) is 0 Å². The van der Waals surface area contributed by atoms with E-state index in [0.29, 0.717) is 26.1 Å². The minimum Gasteiger partial charge on any atom is -0.462 e. The van der Waals surface area contributed by atoms with E-state index in [-0.39, 0.29) is 18.5 Å². The Labute approximate surface area is 401 Å². The van der Waals surface area contributed by atoms with Crippen molar-refractivity contribution in [2.45, 2.75) is 335 Å². The summed E-state index contributed by atoms with van der Waals surface area (Å²) in [6, 6.07) is 0. The maximum atomic E-state index is 12.9. The highest BCUT2D eigenvalue weighted by molar-refractivity contribution is 5.70. The number of ether oxygens (including phenoxy) is 3. The van der Waals surface area contributed by atoms with Crippen LogP contribution in [0, 0.1) is 0 Å². The van der Waals surface area contributed by atoms with Gasteiger partial charge in [0.15, 0.2) is 6.10 Å². The molecule has 1 atom stereocenters. The molecule has 0 spiro atoms. The zero-order valence-corrected chi connectivity index (χ0v) is 43.8. The fraction of sp³-hybridized carbons (Fsp3) is 0.932. The summed E-state index contributed by atoms with van der Waals surface area (Å²) in [6.07, 6.45) is 65.3. The zero-order chi connectivity index (χ0) is 46.3. The monoisotopic (exact) mass is 903 g/mol. The highest BCUT2D eigenvalue weighted by Gasteiger charge is 2.17. The van der Waals surface area contributed by atoms with Crippen LogP contribution in [0.25, 0.3) is 0 Å². The molecule has 0 amide bonds. The molecule has 0 radical (unpaired) electrons. The van der Waals surface area contributed by atoms with Gasteiger partial charge in [0.1, 0.15) is 6.61 Å². The van der Waals surface area contributed by atoms with E-state index >= 15 is 0 Å². The van der Waals surface area contributed by atoms with Crippen LogP contribution in [0.15, 0.2) is 12.2 Å². The van der Waals surface area contributed by atoms with Gasteiger partial charge in [0.25, 0.3) is 0 Å². The van der Waals surface area contributed by atoms with Gasteiger partial charge in [-0.3, -0.25) is 9.59 Å². The molecule has 380 valence electrons. The number of rotatable bonds is 55. The number of hydrogen-bond donors (Lipinski definition) is 0. The molecule has 5 heteroatoms. The summed E-state index contributed by atoms with van der Waals surface area (Å²) in [5, 5.41) is 0. The molecule has 0 unspecified atom stereocenters. The summed E-state index contributed by atoms with van der Waals surface area (Å²) in [4.78, 5) is 25.4. The van der Waals surface area contributed by atoms with Gasteiger partial charge in [0.05, 0.1) is 6.61 Å². The second-order valence-electron chi connectivity index (χ2n) is 19.9. The molecular formula is C59H114O5. The first-order chi connectivity index (χ1) is 31.6. The first-order valence-electron chi connectivity index (χ1n) is 29.2. The molecule has 0 rings (SSSR count). The molecule has 0 fully saturated rings. The van der Waals surface area contributed by atoms with E-state index in [1.807, 2.05) is 0 Å². The van der Waals surface area contributed by atoms with Gasteiger partial charge in [-0.2, -0.15) is 0 Å². The maximum absolute atomic E-state index is 12.9. The third kappa shape index (κ3) is 53.3. The molecule has 0 aliphatic rings. The molecular weight excluding hydrogens is 789 g/mol. The molecule has 0 saturated heterocycles. The summed E-state index contributed by atoms with van der Waals surface area (Å²) < 4.78 is 17.5. The quantitative estimate of drug-likeness (QED) is 0.0346. The number of hydrogen-bond acceptors (Lipinski definition) is 5. The van der Waals surface area contributed by atoms with Gasteiger partial charge < -0.3 is 14.2 Å². The second kappa shape index (κ2) is 56.0. The largest absolute Gasteiger partial charge is 0.462 e. The van der Waals surface area contributed by atoms with Crippen LogP contribution in [0.1, 0.15) is 329 Å². The Morgan fingerprint density at radius 2 is 0.625 bits per heavy atom. The summed E-state index contributed by atoms with van der Waals surface area (Å²) in [5.74, 6) is -0.382. The Morgan fingerprint density at radius 1 is 0.328 bits per heavy atom. The fourth-order valence-electron chi connectivity index (χ4n) is 8.91. The predicted octanol–water partition coefficient (Wildman–Crippen LogP) is 19.8. The summed E-state index contributed by atoms with van der Waals surface area (Å²) in [7, 11) is 0. The van der Waals surface area contributed by atoms with Gasteiger partial charge in [-0.1, -0.05) is 290 Å². The van der Waals surface area contributed by atoms with Crippen molar-refractivity contribution >= 4 is 11.9 Å². The molecule has 0 aromatic rings. The topological polar surface area (TPSA) is 61.8 Å². The Morgan fingerprint density at radius 3 is 1.00 bits per heavy atom. The van der Waals surface area contributed by atoms with Crippen molar-refractivity contribution in [3.05, 3.63) is 12.2 Å². The molecule has 0 bridgehead atoms. The lowest BCUT2D eigenvalue weighted by molar-refractivity contribution is -0.163. The minimum absolute atomic E-state index is 0.0905. The average molecular weight is 904 g/mol. The number of carbonyl (C=O) groups is 2. The Bertz CT molecular complexity index is 932. The van der Waals surface area contributed by atoms with Gasteiger partial charge in [-0.05, 0) is 38.5 Å². The summed E-state index contributed by atoms with van der Waals surface area (Å²) in [6.45, 7) is 7.87. The molecule has 64 heavy (non-hydrogen) atoms. The molecule has 0 aliphatic carbocycles. The van der Waals surface area contributed by atoms with E-state index < -0.39 is 6.10 Å². The molecule has 5 nitrogen and oxygen atoms in total. The van der Waals surface area contributed by atoms with E-state index in [1.54, 1.807) is 0 Å². The molecule has 0 aliphatic heterocycles. The first kappa shape index (κ1) is 62.6. The minimum atomic E-state index is -0.530. The van der Waals surface area contributed by atoms with Crippen molar-refractivity contribution in [2.24, 2.45) is 0 Å². The van der Waals surface area contributed by atoms with Crippen molar-refractivity contribution in [1.82, 2.24) is 0 Å². The van der Waals surface area contributed by atoms with Crippen molar-refractivity contribution in [3.8, 4) is 0 Å². The molecule has 0 heterocycles. The smallest absolute Gasteiger partial charge is 0.306 e. The van der Waals surface area contributed by atoms with Crippen LogP contribution in [-0.2, 0) is 23.8 Å². The Balaban J connectivity index is 4.13. The van der Waals surface area contributed by atoms with Gasteiger partial charge >= 0.3 is 11.9 Å². The lowest BCUT2D eigenvalue weighted by atomic mass is 10.0. The van der Waals surface area contributed by atoms with Crippen molar-refractivity contribution in [3.63, 3.8) is 0 Å². The third-order valence-corrected chi connectivity index (χ3v) is 13.3. The lowest BCUT2D eigenvalue weighted by Crippen LogP contribution is -2.30. The van der Waals surface area contributed by atoms with Crippen LogP contribution in [-0.4, -0.2) is 37.9 Å². The van der Waals surface area contributed by atoms with E-state index in [9.17, 15) is 9.59 Å². The fourth-order valence-corrected chi connectivity index (χ4v) is 8.91. The van der Waals surface area contributed by atoms with Crippen molar-refractivity contribution < 1.29 is 23.8 Å². The highest BCUT2D eigenvalue weighted by Crippen LogP contribution is 2.17. The highest BCUT2D eigenvalue weighted by atomic mass is 16.6. The van der Waals surface area contributed by atoms with Crippen LogP contribution in [0.4, 0.5) is 0 Å². The molecule has 0 saturated carbocycles. The molecule has 0 aromatic carbocycles. The van der Waals surface area contributed by atoms with Gasteiger partial charge in [0, 0.05) is 19.4 Å². The van der Waals surface area contributed by atoms with Crippen LogP contribution in [0.3, 0.4) is 0 Å². The standard InChI is InChI=1S/C59H114O5/c1-4-7-10-13-16-19-22-24-26-28-29-30-31-32-33-35-38-41-44-47-50-53-59(61)64-57(56-63-58(60)52-49-46-43-40-37-21-18-15-12-9-6-3)55-62-54-51-48-45-42-39-36-34-27-25-23-20-17-14-11-8-5-2/h15,18,57H,4-14,16-17,19-56H2,1-3H3/b18-15-/t57-/m1/s1. The second-order valence-corrected chi connectivity index (χ2v) is 19.9. The summed E-state index contributed by atoms with van der Waals surface area (Å²) in [5.41, 5.74) is 0. The van der Waals surface area contributed by atoms with Crippen LogP contribution >= 0.6 is 0 Å². The molecule has 0 aromatic heterocycles. The zero-order valence-electron chi connectivity index (χ0n) is 43.8. The normalized spacial score (nSPS) is 12.1. The van der Waals surface area contributed by atoms with Crippen molar-refractivity contribution in [2.75, 3.05) is 19.8 Å². The number of unbranched alkanes of at least 4 members (excludes halogenated alkanes) is 42. The van der Waals surface area contributed by atoms with Crippen LogP contribution in [0.5, 0.6) is 0 Å². The maximum Gasteiger partial charge on any atom is 0.306 e. The number of carbonyl (C=O) groups excluding carboxylic acids is 2. The first-order valence-corrected chi connectivity index (χ1v) is 29.2. The van der Waals surface area contributed by atoms with Gasteiger partial charge in [-0.25, -0.2) is 0 Å². The van der Waals surface area contributed by atoms with Gasteiger partial charge in [0.2, 0.25) is 0 Å². The Kier molecular flexibility index (Phi) is 54.8. The van der Waals surface area contributed by atoms with Crippen LogP contribution < -0.4 is 0 Å². The Hall–Kier alpha value is -1.36. The van der Waals surface area contributed by atoms with E-state index in [1.165, 1.54) is 250 Å². The number of allylic oxidation sites excluding steroid dienone is 2. The lowest BCUT2D eigenvalue weighted by Gasteiger charge is -2.18. The van der Waals surface area contributed by atoms with E-state index in [2.05, 4.69) is 32.9 Å². The average Bonchev–Trinajstić information content (AvgIpc) is 3.30. The van der Waals surface area contributed by atoms with E-state index in [4.69, 9.17) is 14.2 Å². The number of esters is 2. The third-order valence-electron chi connectivity index (χ3n) is 13.3. The predicted molar refractivity (Wildman–Crippen MR) is 279 cm³/mol. The SMILES string of the molecule is CCCC/C=C\CCCCCCCC(=O)OC[C@@H](COCCCCCCCCCCCCCCCCCC)OC(=O)CCCCCCCCCCCCCCCCCCCCCCC. The summed E-state index contributed by atoms with van der Waals surface area (Å²) >= 11 is 0. The van der Waals surface area contributed by atoms with Crippen molar-refractivity contribution in [1.29, 1.82) is 0 Å². The molecule has 0 N–H and O–H groups in total. The van der Waals surface area contributed by atoms with Crippen LogP contribution in [0.2, 0.25) is 0 Å².